The molecule has 0 fully saturated rings. The molecule has 1 aromatic heterocycles. The van der Waals surface area contributed by atoms with Crippen molar-refractivity contribution in [1.29, 1.82) is 0 Å². The number of fused-ring (bicyclic) bond motifs is 1. The Morgan fingerprint density at radius 2 is 2.14 bits per heavy atom. The molecule has 0 aliphatic carbocycles. The van der Waals surface area contributed by atoms with Gasteiger partial charge in [-0.3, -0.25) is 4.79 Å². The van der Waals surface area contributed by atoms with Crippen LogP contribution < -0.4 is 15.9 Å². The van der Waals surface area contributed by atoms with Crippen LogP contribution in [0.25, 0.3) is 0 Å². The lowest BCUT2D eigenvalue weighted by Gasteiger charge is -2.28. The van der Waals surface area contributed by atoms with Crippen molar-refractivity contribution in [2.75, 3.05) is 0 Å². The van der Waals surface area contributed by atoms with E-state index < -0.39 is 41.7 Å². The van der Waals surface area contributed by atoms with Crippen LogP contribution in [0.1, 0.15) is 36.8 Å². The molecule has 3 rings (SSSR count). The molecule has 0 bridgehead atoms. The number of benzene rings is 1. The molecule has 1 aliphatic rings. The highest BCUT2D eigenvalue weighted by Crippen LogP contribution is 2.44. The Hall–Kier alpha value is -2.84. The number of carbonyl (C=O) groups excluding carboxylic acids is 1. The Morgan fingerprint density at radius 3 is 2.75 bits per heavy atom. The Morgan fingerprint density at radius 1 is 1.43 bits per heavy atom. The highest BCUT2D eigenvalue weighted by Gasteiger charge is 2.41. The second-order valence-corrected chi connectivity index (χ2v) is 6.74. The molecule has 3 N–H and O–H groups in total. The van der Waals surface area contributed by atoms with E-state index in [1.807, 2.05) is 0 Å². The van der Waals surface area contributed by atoms with Crippen molar-refractivity contribution in [3.63, 3.8) is 0 Å². The van der Waals surface area contributed by atoms with Crippen LogP contribution in [0.3, 0.4) is 0 Å². The first-order chi connectivity index (χ1) is 13.2. The summed E-state index contributed by atoms with van der Waals surface area (Å²) < 4.78 is 30.8. The number of esters is 1. The molecule has 148 valence electrons. The Kier molecular flexibility index (Phi) is 5.44. The van der Waals surface area contributed by atoms with Gasteiger partial charge in [-0.2, -0.15) is 0 Å². The fourth-order valence-corrected chi connectivity index (χ4v) is 3.19. The van der Waals surface area contributed by atoms with E-state index in [0.29, 0.717) is 0 Å². The first kappa shape index (κ1) is 19.9. The lowest BCUT2D eigenvalue weighted by Crippen LogP contribution is -2.31. The van der Waals surface area contributed by atoms with E-state index in [2.05, 4.69) is 0 Å². The Bertz CT molecular complexity index is 1010. The number of hydrogen-bond acceptors (Lipinski definition) is 7. The summed E-state index contributed by atoms with van der Waals surface area (Å²) >= 11 is 6.20. The van der Waals surface area contributed by atoms with E-state index in [1.165, 1.54) is 12.1 Å². The fraction of sp³-hybridized carbons (Fsp3) is 0.263. The third-order valence-electron chi connectivity index (χ3n) is 4.02. The Balaban J connectivity index is 2.33. The van der Waals surface area contributed by atoms with Gasteiger partial charge >= 0.3 is 5.97 Å². The van der Waals surface area contributed by atoms with Crippen LogP contribution in [-0.2, 0) is 16.1 Å². The van der Waals surface area contributed by atoms with E-state index in [-0.39, 0.29) is 33.4 Å². The highest BCUT2D eigenvalue weighted by atomic mass is 35.5. The molecule has 0 amide bonds. The average Bonchev–Trinajstić information content (AvgIpc) is 2.61. The third kappa shape index (κ3) is 3.48. The molecule has 0 unspecified atom stereocenters. The van der Waals surface area contributed by atoms with E-state index in [9.17, 15) is 19.1 Å². The molecule has 1 aliphatic heterocycles. The topological polar surface area (TPSA) is 112 Å². The SMILES string of the molecule is CC(C)OC(=O)C1=C(N)Oc2c(oc(CO)cc2=O)[C@H]1c1c(F)cccc1Cl. The molecule has 9 heteroatoms. The van der Waals surface area contributed by atoms with E-state index in [4.69, 9.17) is 31.2 Å². The highest BCUT2D eigenvalue weighted by molar-refractivity contribution is 6.31. The number of nitrogens with two attached hydrogens (primary N) is 1. The van der Waals surface area contributed by atoms with Gasteiger partial charge in [0.2, 0.25) is 17.1 Å². The van der Waals surface area contributed by atoms with Gasteiger partial charge in [0.1, 0.15) is 23.8 Å². The maximum absolute atomic E-state index is 14.7. The summed E-state index contributed by atoms with van der Waals surface area (Å²) in [5, 5.41) is 9.36. The van der Waals surface area contributed by atoms with Crippen molar-refractivity contribution < 1.29 is 28.2 Å². The molecule has 0 saturated carbocycles. The van der Waals surface area contributed by atoms with Gasteiger partial charge in [0.25, 0.3) is 0 Å². The predicted octanol–water partition coefficient (Wildman–Crippen LogP) is 2.57. The summed E-state index contributed by atoms with van der Waals surface area (Å²) in [6.07, 6.45) is -0.498. The standard InChI is InChI=1S/C19H17ClFNO6/c1-8(2)26-19(25)15-14(13-10(20)4-3-5-11(13)21)17-16(28-18(15)22)12(24)6-9(7-23)27-17/h3-6,8,14,23H,7,22H2,1-2H3/t14-/m0/s1. The summed E-state index contributed by atoms with van der Waals surface area (Å²) in [5.74, 6) is -3.96. The second kappa shape index (κ2) is 7.65. The van der Waals surface area contributed by atoms with Crippen molar-refractivity contribution in [3.05, 3.63) is 73.9 Å². The summed E-state index contributed by atoms with van der Waals surface area (Å²) in [6.45, 7) is 2.66. The normalized spacial score (nSPS) is 16.0. The largest absolute Gasteiger partial charge is 0.459 e. The summed E-state index contributed by atoms with van der Waals surface area (Å²) in [5.41, 5.74) is 4.86. The van der Waals surface area contributed by atoms with E-state index in [1.54, 1.807) is 13.8 Å². The van der Waals surface area contributed by atoms with Gasteiger partial charge < -0.3 is 24.7 Å². The number of ether oxygens (including phenoxy) is 2. The van der Waals surface area contributed by atoms with Gasteiger partial charge in [0, 0.05) is 16.7 Å². The third-order valence-corrected chi connectivity index (χ3v) is 4.35. The summed E-state index contributed by atoms with van der Waals surface area (Å²) in [6, 6.07) is 4.97. The quantitative estimate of drug-likeness (QED) is 0.746. The number of hydrogen-bond donors (Lipinski definition) is 2. The smallest absolute Gasteiger partial charge is 0.340 e. The molecule has 0 radical (unpaired) electrons. The van der Waals surface area contributed by atoms with Crippen LogP contribution in [0.4, 0.5) is 4.39 Å². The van der Waals surface area contributed by atoms with Gasteiger partial charge in [-0.15, -0.1) is 0 Å². The molecule has 7 nitrogen and oxygen atoms in total. The zero-order chi connectivity index (χ0) is 20.6. The molecule has 0 saturated heterocycles. The van der Waals surface area contributed by atoms with E-state index >= 15 is 0 Å². The average molecular weight is 410 g/mol. The van der Waals surface area contributed by atoms with Crippen molar-refractivity contribution in [2.24, 2.45) is 5.73 Å². The molecular weight excluding hydrogens is 393 g/mol. The van der Waals surface area contributed by atoms with Crippen LogP contribution in [0, 0.1) is 5.82 Å². The predicted molar refractivity (Wildman–Crippen MR) is 97.2 cm³/mol. The molecular formula is C19H17ClFNO6. The first-order valence-electron chi connectivity index (χ1n) is 8.34. The van der Waals surface area contributed by atoms with Crippen molar-refractivity contribution in [3.8, 4) is 5.75 Å². The molecule has 1 aromatic carbocycles. The zero-order valence-electron chi connectivity index (χ0n) is 15.0. The van der Waals surface area contributed by atoms with Gasteiger partial charge in [0.05, 0.1) is 12.0 Å². The van der Waals surface area contributed by atoms with Crippen LogP contribution in [0.2, 0.25) is 5.02 Å². The van der Waals surface area contributed by atoms with Gasteiger partial charge in [0.15, 0.2) is 5.76 Å². The van der Waals surface area contributed by atoms with Crippen molar-refractivity contribution >= 4 is 17.6 Å². The van der Waals surface area contributed by atoms with Crippen LogP contribution >= 0.6 is 11.6 Å². The molecule has 28 heavy (non-hydrogen) atoms. The van der Waals surface area contributed by atoms with Crippen LogP contribution in [0.5, 0.6) is 5.75 Å². The fourth-order valence-electron chi connectivity index (χ4n) is 2.91. The van der Waals surface area contributed by atoms with Gasteiger partial charge in [-0.05, 0) is 26.0 Å². The maximum Gasteiger partial charge on any atom is 0.340 e. The number of aliphatic hydroxyl groups excluding tert-OH is 1. The van der Waals surface area contributed by atoms with Crippen molar-refractivity contribution in [2.45, 2.75) is 32.5 Å². The lowest BCUT2D eigenvalue weighted by molar-refractivity contribution is -0.143. The first-order valence-corrected chi connectivity index (χ1v) is 8.72. The van der Waals surface area contributed by atoms with Gasteiger partial charge in [-0.25, -0.2) is 9.18 Å². The zero-order valence-corrected chi connectivity index (χ0v) is 15.7. The number of rotatable bonds is 4. The van der Waals surface area contributed by atoms with Crippen LogP contribution in [0.15, 0.2) is 44.9 Å². The number of carbonyl (C=O) groups is 1. The molecule has 2 heterocycles. The maximum atomic E-state index is 14.7. The summed E-state index contributed by atoms with van der Waals surface area (Å²) in [7, 11) is 0. The molecule has 0 spiro atoms. The second-order valence-electron chi connectivity index (χ2n) is 6.33. The van der Waals surface area contributed by atoms with E-state index in [0.717, 1.165) is 12.1 Å². The van der Waals surface area contributed by atoms with Gasteiger partial charge in [-0.1, -0.05) is 17.7 Å². The van der Waals surface area contributed by atoms with Crippen LogP contribution in [-0.4, -0.2) is 17.2 Å². The lowest BCUT2D eigenvalue weighted by atomic mass is 9.86. The minimum Gasteiger partial charge on any atom is -0.459 e. The molecule has 1 atom stereocenters. The summed E-state index contributed by atoms with van der Waals surface area (Å²) in [4.78, 5) is 25.1. The number of aliphatic hydroxyl groups is 1. The number of halogens is 2. The van der Waals surface area contributed by atoms with Crippen molar-refractivity contribution in [1.82, 2.24) is 0 Å². The minimum atomic E-state index is -1.30. The Labute approximate surface area is 164 Å². The molecule has 2 aromatic rings. The monoisotopic (exact) mass is 409 g/mol. The minimum absolute atomic E-state index is 0.0162.